The summed E-state index contributed by atoms with van der Waals surface area (Å²) in [5, 5.41) is 3.44. The Balaban J connectivity index is 2.80. The Morgan fingerprint density at radius 1 is 1.00 bits per heavy atom. The predicted molar refractivity (Wildman–Crippen MR) is 77.3 cm³/mol. The van der Waals surface area contributed by atoms with Gasteiger partial charge in [-0.15, -0.1) is 0 Å². The van der Waals surface area contributed by atoms with Crippen molar-refractivity contribution in [1.82, 2.24) is 5.32 Å². The minimum absolute atomic E-state index is 0.672. The summed E-state index contributed by atoms with van der Waals surface area (Å²) < 4.78 is 16.0. The van der Waals surface area contributed by atoms with E-state index in [9.17, 15) is 0 Å². The molecule has 1 atom stereocenters. The van der Waals surface area contributed by atoms with Gasteiger partial charge < -0.3 is 19.5 Å². The van der Waals surface area contributed by atoms with Crippen LogP contribution >= 0.6 is 0 Å². The van der Waals surface area contributed by atoms with Crippen LogP contribution in [0.2, 0.25) is 0 Å². The van der Waals surface area contributed by atoms with E-state index in [1.54, 1.807) is 21.3 Å². The van der Waals surface area contributed by atoms with Crippen LogP contribution in [0.3, 0.4) is 0 Å². The summed E-state index contributed by atoms with van der Waals surface area (Å²) in [7, 11) is 4.93. The normalized spacial score (nSPS) is 12.1. The van der Waals surface area contributed by atoms with E-state index in [1.807, 2.05) is 12.1 Å². The maximum absolute atomic E-state index is 5.40. The molecule has 1 rings (SSSR count). The quantitative estimate of drug-likeness (QED) is 0.786. The Bertz CT molecular complexity index is 393. The number of hydrogen-bond donors (Lipinski definition) is 1. The van der Waals surface area contributed by atoms with Gasteiger partial charge in [0.1, 0.15) is 5.75 Å². The van der Waals surface area contributed by atoms with Crippen molar-refractivity contribution in [3.05, 3.63) is 17.7 Å². The third-order valence-electron chi connectivity index (χ3n) is 3.29. The molecule has 0 amide bonds. The molecule has 1 aromatic rings. The first-order chi connectivity index (χ1) is 9.15. The van der Waals surface area contributed by atoms with Crippen LogP contribution in [-0.2, 0) is 6.54 Å². The zero-order valence-corrected chi connectivity index (χ0v) is 12.6. The molecular weight excluding hydrogens is 242 g/mol. The molecule has 1 N–H and O–H groups in total. The van der Waals surface area contributed by atoms with Crippen molar-refractivity contribution >= 4 is 0 Å². The number of hydrogen-bond acceptors (Lipinski definition) is 4. The van der Waals surface area contributed by atoms with Crippen LogP contribution in [0.25, 0.3) is 0 Å². The first kappa shape index (κ1) is 15.6. The van der Waals surface area contributed by atoms with Gasteiger partial charge in [-0.25, -0.2) is 0 Å². The van der Waals surface area contributed by atoms with Crippen LogP contribution in [0.5, 0.6) is 17.2 Å². The molecule has 0 aliphatic rings. The molecule has 0 aromatic heterocycles. The molecule has 0 saturated heterocycles. The first-order valence-electron chi connectivity index (χ1n) is 6.65. The van der Waals surface area contributed by atoms with Gasteiger partial charge in [0.05, 0.1) is 21.3 Å². The maximum Gasteiger partial charge on any atom is 0.164 e. The molecule has 0 saturated carbocycles. The minimum Gasteiger partial charge on any atom is -0.496 e. The average molecular weight is 267 g/mol. The van der Waals surface area contributed by atoms with Crippen molar-refractivity contribution in [2.24, 2.45) is 5.92 Å². The Hall–Kier alpha value is -1.42. The van der Waals surface area contributed by atoms with Gasteiger partial charge >= 0.3 is 0 Å². The van der Waals surface area contributed by atoms with Gasteiger partial charge in [-0.3, -0.25) is 0 Å². The molecule has 4 nitrogen and oxygen atoms in total. The van der Waals surface area contributed by atoms with Gasteiger partial charge in [-0.1, -0.05) is 20.3 Å². The Kier molecular flexibility index (Phi) is 6.50. The van der Waals surface area contributed by atoms with E-state index in [4.69, 9.17) is 14.2 Å². The summed E-state index contributed by atoms with van der Waals surface area (Å²) in [4.78, 5) is 0. The number of nitrogens with one attached hydrogen (secondary N) is 1. The Morgan fingerprint density at radius 2 is 1.58 bits per heavy atom. The lowest BCUT2D eigenvalue weighted by atomic mass is 10.1. The minimum atomic E-state index is 0.672. The molecular formula is C15H25NO3. The van der Waals surface area contributed by atoms with Crippen molar-refractivity contribution in [2.45, 2.75) is 26.8 Å². The largest absolute Gasteiger partial charge is 0.496 e. The lowest BCUT2D eigenvalue weighted by molar-refractivity contribution is 0.347. The van der Waals surface area contributed by atoms with Gasteiger partial charge in [0.25, 0.3) is 0 Å². The topological polar surface area (TPSA) is 39.7 Å². The van der Waals surface area contributed by atoms with E-state index in [0.717, 1.165) is 30.2 Å². The SMILES string of the molecule is CCC(C)CNCc1cc(OC)c(OC)cc1OC. The summed E-state index contributed by atoms with van der Waals surface area (Å²) in [5.41, 5.74) is 1.07. The molecule has 0 fully saturated rings. The zero-order valence-electron chi connectivity index (χ0n) is 12.6. The Morgan fingerprint density at radius 3 is 2.11 bits per heavy atom. The second-order valence-corrected chi connectivity index (χ2v) is 4.66. The summed E-state index contributed by atoms with van der Waals surface area (Å²) in [6, 6.07) is 3.82. The molecule has 19 heavy (non-hydrogen) atoms. The fraction of sp³-hybridized carbons (Fsp3) is 0.600. The molecule has 0 spiro atoms. The van der Waals surface area contributed by atoms with Crippen molar-refractivity contribution in [2.75, 3.05) is 27.9 Å². The maximum atomic E-state index is 5.40. The van der Waals surface area contributed by atoms with Crippen LogP contribution in [-0.4, -0.2) is 27.9 Å². The summed E-state index contributed by atoms with van der Waals surface area (Å²) in [6.07, 6.45) is 1.18. The second kappa shape index (κ2) is 7.89. The van der Waals surface area contributed by atoms with E-state index >= 15 is 0 Å². The average Bonchev–Trinajstić information content (AvgIpc) is 2.46. The number of ether oxygens (including phenoxy) is 3. The van der Waals surface area contributed by atoms with Gasteiger partial charge in [0.2, 0.25) is 0 Å². The predicted octanol–water partition coefficient (Wildman–Crippen LogP) is 2.85. The van der Waals surface area contributed by atoms with Crippen molar-refractivity contribution in [3.8, 4) is 17.2 Å². The molecule has 1 aromatic carbocycles. The molecule has 4 heteroatoms. The molecule has 0 heterocycles. The van der Waals surface area contributed by atoms with Crippen LogP contribution < -0.4 is 19.5 Å². The van der Waals surface area contributed by atoms with E-state index in [-0.39, 0.29) is 0 Å². The van der Waals surface area contributed by atoms with Gasteiger partial charge in [0.15, 0.2) is 11.5 Å². The highest BCUT2D eigenvalue weighted by Crippen LogP contribution is 2.34. The number of methoxy groups -OCH3 is 3. The number of rotatable bonds is 8. The molecule has 0 radical (unpaired) electrons. The first-order valence-corrected chi connectivity index (χ1v) is 6.65. The van der Waals surface area contributed by atoms with Crippen molar-refractivity contribution in [3.63, 3.8) is 0 Å². The highest BCUT2D eigenvalue weighted by Gasteiger charge is 2.11. The van der Waals surface area contributed by atoms with E-state index in [1.165, 1.54) is 6.42 Å². The molecule has 108 valence electrons. The summed E-state index contributed by atoms with van der Waals surface area (Å²) >= 11 is 0. The zero-order chi connectivity index (χ0) is 14.3. The fourth-order valence-electron chi connectivity index (χ4n) is 1.83. The summed E-state index contributed by atoms with van der Waals surface area (Å²) in [5.74, 6) is 2.90. The standard InChI is InChI=1S/C15H25NO3/c1-6-11(2)9-16-10-12-7-14(18-4)15(19-5)8-13(12)17-3/h7-8,11,16H,6,9-10H2,1-5H3. The van der Waals surface area contributed by atoms with E-state index in [0.29, 0.717) is 11.7 Å². The van der Waals surface area contributed by atoms with E-state index in [2.05, 4.69) is 19.2 Å². The smallest absolute Gasteiger partial charge is 0.164 e. The lowest BCUT2D eigenvalue weighted by Gasteiger charge is -2.15. The van der Waals surface area contributed by atoms with Gasteiger partial charge in [-0.2, -0.15) is 0 Å². The second-order valence-electron chi connectivity index (χ2n) is 4.66. The molecule has 1 unspecified atom stereocenters. The lowest BCUT2D eigenvalue weighted by Crippen LogP contribution is -2.20. The third-order valence-corrected chi connectivity index (χ3v) is 3.29. The van der Waals surface area contributed by atoms with Gasteiger partial charge in [-0.05, 0) is 18.5 Å². The Labute approximate surface area is 116 Å². The van der Waals surface area contributed by atoms with Crippen LogP contribution in [0.4, 0.5) is 0 Å². The summed E-state index contributed by atoms with van der Waals surface area (Å²) in [6.45, 7) is 6.18. The van der Waals surface area contributed by atoms with Crippen LogP contribution in [0.15, 0.2) is 12.1 Å². The van der Waals surface area contributed by atoms with Crippen LogP contribution in [0.1, 0.15) is 25.8 Å². The monoisotopic (exact) mass is 267 g/mol. The molecule has 0 aliphatic heterocycles. The van der Waals surface area contributed by atoms with Crippen molar-refractivity contribution in [1.29, 1.82) is 0 Å². The van der Waals surface area contributed by atoms with Crippen LogP contribution in [0, 0.1) is 5.92 Å². The number of benzene rings is 1. The molecule has 0 aliphatic carbocycles. The van der Waals surface area contributed by atoms with E-state index < -0.39 is 0 Å². The highest BCUT2D eigenvalue weighted by molar-refractivity contribution is 5.50. The fourth-order valence-corrected chi connectivity index (χ4v) is 1.83. The van der Waals surface area contributed by atoms with Crippen molar-refractivity contribution < 1.29 is 14.2 Å². The third kappa shape index (κ3) is 4.31. The van der Waals surface area contributed by atoms with Gasteiger partial charge in [0, 0.05) is 18.2 Å². The molecule has 0 bridgehead atoms. The highest BCUT2D eigenvalue weighted by atomic mass is 16.5.